The van der Waals surface area contributed by atoms with E-state index in [2.05, 4.69) is 18.8 Å². The Morgan fingerprint density at radius 3 is 2.24 bits per heavy atom. The van der Waals surface area contributed by atoms with Gasteiger partial charge in [-0.3, -0.25) is 0 Å². The Morgan fingerprint density at radius 1 is 1.28 bits per heavy atom. The third kappa shape index (κ3) is 5.99. The van der Waals surface area contributed by atoms with Gasteiger partial charge in [-0.25, -0.2) is 14.6 Å². The molecule has 0 saturated heterocycles. The Labute approximate surface area is 154 Å². The highest BCUT2D eigenvalue weighted by atomic mass is 32.1. The molecule has 0 unspecified atom stereocenters. The Kier molecular flexibility index (Phi) is 6.99. The molecule has 1 aromatic heterocycles. The van der Waals surface area contributed by atoms with Crippen LogP contribution in [0.25, 0.3) is 0 Å². The van der Waals surface area contributed by atoms with Crippen LogP contribution < -0.4 is 0 Å². The molecule has 25 heavy (non-hydrogen) atoms. The van der Waals surface area contributed by atoms with Crippen molar-refractivity contribution in [2.24, 2.45) is 5.92 Å². The molecule has 0 saturated carbocycles. The molecule has 6 nitrogen and oxygen atoms in total. The largest absolute Gasteiger partial charge is 0.476 e. The number of aromatic carboxylic acids is 1. The van der Waals surface area contributed by atoms with Gasteiger partial charge in [-0.2, -0.15) is 0 Å². The van der Waals surface area contributed by atoms with Gasteiger partial charge in [0.25, 0.3) is 0 Å². The molecular formula is C18H30N2O4S. The van der Waals surface area contributed by atoms with E-state index in [1.54, 1.807) is 18.9 Å². The topological polar surface area (TPSA) is 79.7 Å². The van der Waals surface area contributed by atoms with Crippen LogP contribution in [0.5, 0.6) is 0 Å². The zero-order valence-corrected chi connectivity index (χ0v) is 17.2. The third-order valence-electron chi connectivity index (χ3n) is 3.98. The summed E-state index contributed by atoms with van der Waals surface area (Å²) in [5.74, 6) is -0.715. The van der Waals surface area contributed by atoms with Crippen molar-refractivity contribution in [2.45, 2.75) is 72.4 Å². The second kappa shape index (κ2) is 8.17. The second-order valence-electron chi connectivity index (χ2n) is 7.80. The summed E-state index contributed by atoms with van der Waals surface area (Å²) in [6.07, 6.45) is 0.347. The molecule has 1 aromatic rings. The van der Waals surface area contributed by atoms with Gasteiger partial charge < -0.3 is 14.7 Å². The number of carbonyl (C=O) groups is 2. The molecule has 0 radical (unpaired) electrons. The number of rotatable bonds is 6. The zero-order valence-electron chi connectivity index (χ0n) is 16.4. The van der Waals surface area contributed by atoms with E-state index in [1.165, 1.54) is 11.3 Å². The summed E-state index contributed by atoms with van der Waals surface area (Å²) in [5.41, 5.74) is -0.421. The summed E-state index contributed by atoms with van der Waals surface area (Å²) >= 11 is 1.41. The standard InChI is InChI=1S/C18H30N2O4S/c1-10(2)13(20(8)17(23)24-18(5,6)7)9-11(3)15-19-14(16(21)22)12(4)25-15/h10-11,13H,9H2,1-8H3,(H,21,22)/t11-,13-/m1/s1. The van der Waals surface area contributed by atoms with Crippen LogP contribution in [0.2, 0.25) is 0 Å². The number of aryl methyl sites for hydroxylation is 1. The summed E-state index contributed by atoms with van der Waals surface area (Å²) in [6.45, 7) is 13.4. The van der Waals surface area contributed by atoms with Crippen molar-refractivity contribution in [1.82, 2.24) is 9.88 Å². The van der Waals surface area contributed by atoms with E-state index in [0.717, 1.165) is 5.01 Å². The normalized spacial score (nSPS) is 14.3. The first-order chi connectivity index (χ1) is 11.3. The van der Waals surface area contributed by atoms with E-state index in [9.17, 15) is 14.7 Å². The predicted molar refractivity (Wildman–Crippen MR) is 99.5 cm³/mol. The number of carboxylic acids is 1. The van der Waals surface area contributed by atoms with Crippen LogP contribution >= 0.6 is 11.3 Å². The van der Waals surface area contributed by atoms with Crippen LogP contribution in [0.1, 0.15) is 74.3 Å². The number of aromatic nitrogens is 1. The summed E-state index contributed by atoms with van der Waals surface area (Å²) in [5, 5.41) is 9.96. The monoisotopic (exact) mass is 370 g/mol. The van der Waals surface area contributed by atoms with Gasteiger partial charge in [0.15, 0.2) is 5.69 Å². The maximum atomic E-state index is 12.4. The number of amides is 1. The quantitative estimate of drug-likeness (QED) is 0.795. The third-order valence-corrected chi connectivity index (χ3v) is 5.18. The van der Waals surface area contributed by atoms with Gasteiger partial charge in [0.05, 0.1) is 5.01 Å². The second-order valence-corrected chi connectivity index (χ2v) is 9.04. The van der Waals surface area contributed by atoms with Crippen LogP contribution in [-0.4, -0.2) is 45.7 Å². The number of nitrogens with zero attached hydrogens (tertiary/aromatic N) is 2. The van der Waals surface area contributed by atoms with Crippen LogP contribution in [0.3, 0.4) is 0 Å². The molecule has 0 aliphatic carbocycles. The van der Waals surface area contributed by atoms with Crippen molar-refractivity contribution in [1.29, 1.82) is 0 Å². The fraction of sp³-hybridized carbons (Fsp3) is 0.722. The lowest BCUT2D eigenvalue weighted by molar-refractivity contribution is 0.0163. The lowest BCUT2D eigenvalue weighted by atomic mass is 9.93. The fourth-order valence-corrected chi connectivity index (χ4v) is 3.61. The average molecular weight is 371 g/mol. The molecule has 7 heteroatoms. The van der Waals surface area contributed by atoms with E-state index in [1.807, 2.05) is 27.7 Å². The smallest absolute Gasteiger partial charge is 0.410 e. The minimum absolute atomic E-state index is 0.0256. The van der Waals surface area contributed by atoms with E-state index >= 15 is 0 Å². The molecule has 0 aliphatic rings. The van der Waals surface area contributed by atoms with Gasteiger partial charge in [-0.15, -0.1) is 11.3 Å². The van der Waals surface area contributed by atoms with Crippen LogP contribution in [-0.2, 0) is 4.74 Å². The molecule has 0 aliphatic heterocycles. The molecule has 2 atom stereocenters. The summed E-state index contributed by atoms with van der Waals surface area (Å²) in [7, 11) is 1.75. The fourth-order valence-electron chi connectivity index (χ4n) is 2.64. The molecule has 142 valence electrons. The van der Waals surface area contributed by atoms with Crippen molar-refractivity contribution in [2.75, 3.05) is 7.05 Å². The SMILES string of the molecule is Cc1sc([C@H](C)C[C@H](C(C)C)N(C)C(=O)OC(C)(C)C)nc1C(=O)O. The highest BCUT2D eigenvalue weighted by molar-refractivity contribution is 7.11. The predicted octanol–water partition coefficient (Wildman–Crippen LogP) is 4.53. The Morgan fingerprint density at radius 2 is 1.84 bits per heavy atom. The molecule has 1 rings (SSSR count). The van der Waals surface area contributed by atoms with Gasteiger partial charge in [-0.05, 0) is 40.0 Å². The van der Waals surface area contributed by atoms with Crippen LogP contribution in [0.4, 0.5) is 4.79 Å². The maximum Gasteiger partial charge on any atom is 0.410 e. The highest BCUT2D eigenvalue weighted by Crippen LogP contribution is 2.31. The van der Waals surface area contributed by atoms with Crippen molar-refractivity contribution < 1.29 is 19.4 Å². The van der Waals surface area contributed by atoms with Gasteiger partial charge in [0.2, 0.25) is 0 Å². The highest BCUT2D eigenvalue weighted by Gasteiger charge is 2.30. The number of ether oxygens (including phenoxy) is 1. The zero-order chi connectivity index (χ0) is 19.5. The Bertz CT molecular complexity index is 619. The maximum absolute atomic E-state index is 12.4. The van der Waals surface area contributed by atoms with E-state index in [-0.39, 0.29) is 29.7 Å². The lowest BCUT2D eigenvalue weighted by Crippen LogP contribution is -2.43. The van der Waals surface area contributed by atoms with E-state index < -0.39 is 11.6 Å². The minimum atomic E-state index is -1.00. The molecular weight excluding hydrogens is 340 g/mol. The van der Waals surface area contributed by atoms with Crippen LogP contribution in [0.15, 0.2) is 0 Å². The van der Waals surface area contributed by atoms with Gasteiger partial charge in [0, 0.05) is 23.9 Å². The van der Waals surface area contributed by atoms with Crippen LogP contribution in [0, 0.1) is 12.8 Å². The number of hydrogen-bond donors (Lipinski definition) is 1. The molecule has 0 spiro atoms. The molecule has 0 fully saturated rings. The first-order valence-corrected chi connectivity index (χ1v) is 9.31. The molecule has 1 heterocycles. The van der Waals surface area contributed by atoms with Gasteiger partial charge >= 0.3 is 12.1 Å². The van der Waals surface area contributed by atoms with Gasteiger partial charge in [0.1, 0.15) is 5.60 Å². The summed E-state index contributed by atoms with van der Waals surface area (Å²) in [6, 6.07) is -0.0256. The molecule has 1 N–H and O–H groups in total. The number of hydrogen-bond acceptors (Lipinski definition) is 5. The van der Waals surface area contributed by atoms with Crippen molar-refractivity contribution >= 4 is 23.4 Å². The Balaban J connectivity index is 2.92. The van der Waals surface area contributed by atoms with E-state index in [0.29, 0.717) is 11.3 Å². The molecule has 0 bridgehead atoms. The van der Waals surface area contributed by atoms with Crippen molar-refractivity contribution in [3.63, 3.8) is 0 Å². The summed E-state index contributed by atoms with van der Waals surface area (Å²) < 4.78 is 5.47. The lowest BCUT2D eigenvalue weighted by Gasteiger charge is -2.34. The van der Waals surface area contributed by atoms with Crippen molar-refractivity contribution in [3.05, 3.63) is 15.6 Å². The summed E-state index contributed by atoms with van der Waals surface area (Å²) in [4.78, 5) is 30.2. The molecule has 0 aromatic carbocycles. The first-order valence-electron chi connectivity index (χ1n) is 8.50. The first kappa shape index (κ1) is 21.4. The average Bonchev–Trinajstić information content (AvgIpc) is 2.83. The number of thiazole rings is 1. The van der Waals surface area contributed by atoms with E-state index in [4.69, 9.17) is 4.74 Å². The van der Waals surface area contributed by atoms with Gasteiger partial charge in [-0.1, -0.05) is 20.8 Å². The molecule has 1 amide bonds. The number of carboxylic acid groups (broad SMARTS) is 1. The van der Waals surface area contributed by atoms with Crippen molar-refractivity contribution in [3.8, 4) is 0 Å². The Hall–Kier alpha value is -1.63. The minimum Gasteiger partial charge on any atom is -0.476 e. The number of carbonyl (C=O) groups excluding carboxylic acids is 1.